The Balaban J connectivity index is 1.87. The summed E-state index contributed by atoms with van der Waals surface area (Å²) in [5.74, 6) is -0.0404. The van der Waals surface area contributed by atoms with Crippen LogP contribution < -0.4 is 0 Å². The molecular formula is C30H35ClFNO. The maximum absolute atomic E-state index is 13.6. The van der Waals surface area contributed by atoms with Gasteiger partial charge in [-0.1, -0.05) is 94.2 Å². The average Bonchev–Trinajstić information content (AvgIpc) is 2.81. The molecule has 0 aliphatic heterocycles. The lowest BCUT2D eigenvalue weighted by atomic mass is 9.87. The maximum atomic E-state index is 13.6. The number of aryl methyl sites for hydroxylation is 1. The van der Waals surface area contributed by atoms with Crippen LogP contribution in [0.2, 0.25) is 5.02 Å². The van der Waals surface area contributed by atoms with Crippen molar-refractivity contribution >= 4 is 17.5 Å². The van der Waals surface area contributed by atoms with E-state index in [1.807, 2.05) is 35.2 Å². The Hall–Kier alpha value is -2.65. The molecule has 180 valence electrons. The minimum atomic E-state index is -0.487. The van der Waals surface area contributed by atoms with Crippen LogP contribution in [-0.2, 0) is 31.5 Å². The normalized spacial score (nSPS) is 11.5. The fourth-order valence-corrected chi connectivity index (χ4v) is 4.36. The standard InChI is InChI=1S/C30H35ClFNO/c1-5-7-24-17-26(19-28(31)18-24)29(34)33(15-14-22-8-6-9-25(16-22)20-32)21-23-10-12-27(13-11-23)30(2,3)4/h6,8-13,16-19H,5,7,14-15,20-21H2,1-4H3. The van der Waals surface area contributed by atoms with Gasteiger partial charge in [-0.2, -0.15) is 0 Å². The molecule has 2 nitrogen and oxygen atoms in total. The molecule has 0 atom stereocenters. The second kappa shape index (κ2) is 11.7. The van der Waals surface area contributed by atoms with Crippen LogP contribution in [0.1, 0.15) is 72.3 Å². The van der Waals surface area contributed by atoms with E-state index in [0.717, 1.165) is 29.5 Å². The highest BCUT2D eigenvalue weighted by molar-refractivity contribution is 6.31. The second-order valence-corrected chi connectivity index (χ2v) is 10.4. The molecule has 0 saturated heterocycles. The van der Waals surface area contributed by atoms with Crippen LogP contribution in [0.25, 0.3) is 0 Å². The summed E-state index contributed by atoms with van der Waals surface area (Å²) < 4.78 is 13.1. The average molecular weight is 480 g/mol. The van der Waals surface area contributed by atoms with Gasteiger partial charge >= 0.3 is 0 Å². The van der Waals surface area contributed by atoms with Crippen LogP contribution in [0.15, 0.2) is 66.7 Å². The number of amides is 1. The molecule has 0 aromatic heterocycles. The third kappa shape index (κ3) is 7.17. The van der Waals surface area contributed by atoms with E-state index in [1.165, 1.54) is 5.56 Å². The molecule has 0 aliphatic rings. The smallest absolute Gasteiger partial charge is 0.254 e. The minimum absolute atomic E-state index is 0.0404. The van der Waals surface area contributed by atoms with E-state index in [-0.39, 0.29) is 11.3 Å². The van der Waals surface area contributed by atoms with Gasteiger partial charge < -0.3 is 4.90 Å². The first-order valence-electron chi connectivity index (χ1n) is 12.0. The number of halogens is 2. The van der Waals surface area contributed by atoms with Gasteiger partial charge in [0.05, 0.1) is 0 Å². The Morgan fingerprint density at radius 1 is 0.882 bits per heavy atom. The van der Waals surface area contributed by atoms with Crippen molar-refractivity contribution in [2.24, 2.45) is 0 Å². The molecule has 0 bridgehead atoms. The summed E-state index contributed by atoms with van der Waals surface area (Å²) in [5, 5.41) is 0.583. The molecule has 0 spiro atoms. The largest absolute Gasteiger partial charge is 0.334 e. The molecule has 0 aliphatic carbocycles. The summed E-state index contributed by atoms with van der Waals surface area (Å²) in [6, 6.07) is 21.6. The van der Waals surface area contributed by atoms with Gasteiger partial charge in [-0.25, -0.2) is 4.39 Å². The number of hydrogen-bond acceptors (Lipinski definition) is 1. The van der Waals surface area contributed by atoms with Crippen molar-refractivity contribution in [3.05, 3.63) is 105 Å². The predicted molar refractivity (Wildman–Crippen MR) is 140 cm³/mol. The topological polar surface area (TPSA) is 20.3 Å². The van der Waals surface area contributed by atoms with Crippen molar-refractivity contribution in [3.63, 3.8) is 0 Å². The molecule has 0 heterocycles. The second-order valence-electron chi connectivity index (χ2n) is 9.98. The van der Waals surface area contributed by atoms with Gasteiger partial charge in [0.1, 0.15) is 6.67 Å². The van der Waals surface area contributed by atoms with Crippen LogP contribution in [-0.4, -0.2) is 17.4 Å². The maximum Gasteiger partial charge on any atom is 0.254 e. The Labute approximate surface area is 208 Å². The number of carbonyl (C=O) groups is 1. The van der Waals surface area contributed by atoms with Crippen molar-refractivity contribution in [1.82, 2.24) is 4.90 Å². The van der Waals surface area contributed by atoms with Gasteiger partial charge in [-0.05, 0) is 64.3 Å². The third-order valence-corrected chi connectivity index (χ3v) is 6.26. The van der Waals surface area contributed by atoms with Gasteiger partial charge in [0, 0.05) is 23.7 Å². The van der Waals surface area contributed by atoms with Crippen LogP contribution in [0.3, 0.4) is 0 Å². The summed E-state index contributed by atoms with van der Waals surface area (Å²) >= 11 is 6.35. The fourth-order valence-electron chi connectivity index (χ4n) is 4.10. The molecule has 0 N–H and O–H groups in total. The van der Waals surface area contributed by atoms with E-state index < -0.39 is 6.67 Å². The molecule has 0 saturated carbocycles. The van der Waals surface area contributed by atoms with E-state index in [0.29, 0.717) is 35.7 Å². The van der Waals surface area contributed by atoms with Gasteiger partial charge in [-0.3, -0.25) is 4.79 Å². The lowest BCUT2D eigenvalue weighted by Crippen LogP contribution is -2.32. The highest BCUT2D eigenvalue weighted by Crippen LogP contribution is 2.24. The number of benzene rings is 3. The van der Waals surface area contributed by atoms with E-state index >= 15 is 0 Å². The highest BCUT2D eigenvalue weighted by Gasteiger charge is 2.19. The molecule has 1 amide bonds. The molecule has 3 rings (SSSR count). The van der Waals surface area contributed by atoms with Crippen molar-refractivity contribution < 1.29 is 9.18 Å². The molecule has 0 radical (unpaired) electrons. The van der Waals surface area contributed by atoms with E-state index in [9.17, 15) is 9.18 Å². The Morgan fingerprint density at radius 3 is 2.24 bits per heavy atom. The Bertz CT molecular complexity index is 1100. The van der Waals surface area contributed by atoms with Gasteiger partial charge in [0.25, 0.3) is 5.91 Å². The molecule has 34 heavy (non-hydrogen) atoms. The van der Waals surface area contributed by atoms with Crippen molar-refractivity contribution in [1.29, 1.82) is 0 Å². The number of rotatable bonds is 9. The lowest BCUT2D eigenvalue weighted by molar-refractivity contribution is 0.0745. The monoisotopic (exact) mass is 479 g/mol. The first-order chi connectivity index (χ1) is 16.2. The zero-order valence-corrected chi connectivity index (χ0v) is 21.5. The molecule has 0 unspecified atom stereocenters. The summed E-state index contributed by atoms with van der Waals surface area (Å²) in [6.07, 6.45) is 2.52. The van der Waals surface area contributed by atoms with Gasteiger partial charge in [0.15, 0.2) is 0 Å². The molecule has 4 heteroatoms. The number of alkyl halides is 1. The Morgan fingerprint density at radius 2 is 1.59 bits per heavy atom. The summed E-state index contributed by atoms with van der Waals surface area (Å²) in [7, 11) is 0. The van der Waals surface area contributed by atoms with Crippen LogP contribution in [0.4, 0.5) is 4.39 Å². The van der Waals surface area contributed by atoms with Crippen LogP contribution in [0.5, 0.6) is 0 Å². The first kappa shape index (κ1) is 26.0. The number of nitrogens with zero attached hydrogens (tertiary/aromatic N) is 1. The van der Waals surface area contributed by atoms with E-state index in [1.54, 1.807) is 12.1 Å². The Kier molecular flexibility index (Phi) is 8.90. The van der Waals surface area contributed by atoms with Gasteiger partial charge in [-0.15, -0.1) is 0 Å². The highest BCUT2D eigenvalue weighted by atomic mass is 35.5. The zero-order chi connectivity index (χ0) is 24.7. The summed E-state index contributed by atoms with van der Waals surface area (Å²) in [5.41, 5.74) is 5.78. The van der Waals surface area contributed by atoms with E-state index in [4.69, 9.17) is 11.6 Å². The van der Waals surface area contributed by atoms with Crippen molar-refractivity contribution in [3.8, 4) is 0 Å². The predicted octanol–water partition coefficient (Wildman–Crippen LogP) is 7.94. The fraction of sp³-hybridized carbons (Fsp3) is 0.367. The number of carbonyl (C=O) groups excluding carboxylic acids is 1. The van der Waals surface area contributed by atoms with E-state index in [2.05, 4.69) is 52.0 Å². The first-order valence-corrected chi connectivity index (χ1v) is 12.4. The van der Waals surface area contributed by atoms with Crippen molar-refractivity contribution in [2.75, 3.05) is 6.54 Å². The van der Waals surface area contributed by atoms with Crippen LogP contribution in [0, 0.1) is 0 Å². The molecule has 3 aromatic rings. The molecular weight excluding hydrogens is 445 g/mol. The van der Waals surface area contributed by atoms with Gasteiger partial charge in [0.2, 0.25) is 0 Å². The lowest BCUT2D eigenvalue weighted by Gasteiger charge is -2.25. The minimum Gasteiger partial charge on any atom is -0.334 e. The summed E-state index contributed by atoms with van der Waals surface area (Å²) in [6.45, 7) is 9.23. The molecule has 3 aromatic carbocycles. The van der Waals surface area contributed by atoms with Crippen LogP contribution >= 0.6 is 11.6 Å². The molecule has 0 fully saturated rings. The number of hydrogen-bond donors (Lipinski definition) is 0. The zero-order valence-electron chi connectivity index (χ0n) is 20.7. The quantitative estimate of drug-likeness (QED) is 0.305. The summed E-state index contributed by atoms with van der Waals surface area (Å²) in [4.78, 5) is 15.5. The van der Waals surface area contributed by atoms with Crippen molar-refractivity contribution in [2.45, 2.75) is 65.6 Å². The SMILES string of the molecule is CCCc1cc(Cl)cc(C(=O)N(CCc2cccc(CF)c2)Cc2ccc(C(C)(C)C)cc2)c1. The third-order valence-electron chi connectivity index (χ3n) is 6.04.